The molecule has 0 heterocycles. The van der Waals surface area contributed by atoms with Crippen LogP contribution in [0.25, 0.3) is 0 Å². The fourth-order valence-electron chi connectivity index (χ4n) is 3.03. The summed E-state index contributed by atoms with van der Waals surface area (Å²) in [4.78, 5) is 0. The lowest BCUT2D eigenvalue weighted by Gasteiger charge is -2.27. The monoisotopic (exact) mass is 265 g/mol. The Hall–Kier alpha value is -0.590. The first kappa shape index (κ1) is 18.4. The zero-order chi connectivity index (χ0) is 15.0. The van der Waals surface area contributed by atoms with E-state index in [-0.39, 0.29) is 0 Å². The zero-order valence-electron chi connectivity index (χ0n) is 14.3. The Balaban J connectivity index is 4.69. The molecule has 0 spiro atoms. The maximum Gasteiger partial charge on any atom is 0.0317 e. The highest BCUT2D eigenvalue weighted by Crippen LogP contribution is 2.30. The van der Waals surface area contributed by atoms with Crippen LogP contribution in [0.5, 0.6) is 0 Å². The van der Waals surface area contributed by atoms with Gasteiger partial charge in [-0.15, -0.1) is 0 Å². The lowest BCUT2D eigenvalue weighted by atomic mass is 9.78. The number of allylic oxidation sites excluding steroid dienone is 2. The van der Waals surface area contributed by atoms with Crippen molar-refractivity contribution in [2.75, 3.05) is 0 Å². The maximum absolute atomic E-state index is 8.04. The summed E-state index contributed by atoms with van der Waals surface area (Å²) < 4.78 is 0. The van der Waals surface area contributed by atoms with E-state index < -0.39 is 0 Å². The molecule has 3 unspecified atom stereocenters. The van der Waals surface area contributed by atoms with Crippen molar-refractivity contribution in [2.24, 2.45) is 17.8 Å². The fraction of sp³-hybridized carbons (Fsp3) is 0.833. The molecule has 0 amide bonds. The van der Waals surface area contributed by atoms with Crippen LogP contribution in [0.3, 0.4) is 0 Å². The molecule has 1 N–H and O–H groups in total. The van der Waals surface area contributed by atoms with E-state index in [1.54, 1.807) is 0 Å². The molecule has 0 saturated carbocycles. The quantitative estimate of drug-likeness (QED) is 0.477. The van der Waals surface area contributed by atoms with Crippen molar-refractivity contribution < 1.29 is 0 Å². The summed E-state index contributed by atoms with van der Waals surface area (Å²) in [7, 11) is 0. The van der Waals surface area contributed by atoms with Crippen molar-refractivity contribution in [3.63, 3.8) is 0 Å². The molecule has 0 aliphatic rings. The third kappa shape index (κ3) is 6.40. The molecule has 0 aromatic heterocycles. The molecule has 0 rings (SSSR count). The minimum Gasteiger partial charge on any atom is -0.305 e. The Labute approximate surface area is 121 Å². The lowest BCUT2D eigenvalue weighted by Crippen LogP contribution is -2.19. The molecular weight excluding hydrogens is 230 g/mol. The van der Waals surface area contributed by atoms with Crippen molar-refractivity contribution in [2.45, 2.75) is 80.6 Å². The van der Waals surface area contributed by atoms with E-state index in [1.807, 2.05) is 6.92 Å². The summed E-state index contributed by atoms with van der Waals surface area (Å²) >= 11 is 0. The highest BCUT2D eigenvalue weighted by atomic mass is 14.4. The fourth-order valence-corrected chi connectivity index (χ4v) is 3.03. The summed E-state index contributed by atoms with van der Waals surface area (Å²) in [6, 6.07) is 0. The second-order valence-corrected chi connectivity index (χ2v) is 6.42. The molecule has 1 nitrogen and oxygen atoms in total. The topological polar surface area (TPSA) is 23.9 Å². The predicted octanol–water partition coefficient (Wildman–Crippen LogP) is 6.24. The predicted molar refractivity (Wildman–Crippen MR) is 88.0 cm³/mol. The van der Waals surface area contributed by atoms with Gasteiger partial charge in [0, 0.05) is 5.71 Å². The summed E-state index contributed by atoms with van der Waals surface area (Å²) in [5.41, 5.74) is 3.46. The maximum atomic E-state index is 8.04. The van der Waals surface area contributed by atoms with Gasteiger partial charge >= 0.3 is 0 Å². The van der Waals surface area contributed by atoms with Crippen LogP contribution in [-0.4, -0.2) is 5.71 Å². The van der Waals surface area contributed by atoms with E-state index in [9.17, 15) is 0 Å². The van der Waals surface area contributed by atoms with Gasteiger partial charge in [0.1, 0.15) is 0 Å². The van der Waals surface area contributed by atoms with Gasteiger partial charge < -0.3 is 5.41 Å². The number of nitrogens with one attached hydrogen (secondary N) is 1. The largest absolute Gasteiger partial charge is 0.305 e. The van der Waals surface area contributed by atoms with Gasteiger partial charge in [0.25, 0.3) is 0 Å². The van der Waals surface area contributed by atoms with Crippen molar-refractivity contribution in [1.82, 2.24) is 0 Å². The van der Waals surface area contributed by atoms with E-state index in [0.29, 0.717) is 11.8 Å². The van der Waals surface area contributed by atoms with Crippen molar-refractivity contribution in [1.29, 1.82) is 5.41 Å². The number of unbranched alkanes of at least 4 members (excludes halogenated alkanes) is 1. The van der Waals surface area contributed by atoms with Crippen LogP contribution in [0.15, 0.2) is 11.1 Å². The van der Waals surface area contributed by atoms with E-state index in [0.717, 1.165) is 18.1 Å². The molecule has 0 radical (unpaired) electrons. The Morgan fingerprint density at radius 1 is 1.05 bits per heavy atom. The lowest BCUT2D eigenvalue weighted by molar-refractivity contribution is 0.331. The molecule has 0 saturated heterocycles. The molecule has 0 aromatic carbocycles. The number of hydrogen-bond acceptors (Lipinski definition) is 1. The summed E-state index contributed by atoms with van der Waals surface area (Å²) in [6.07, 6.45) is 6.35. The SMILES string of the molecule is CCCCC(C)CC(C)C(C)C(C(C)=N)=C(C)CC. The van der Waals surface area contributed by atoms with Gasteiger partial charge in [0.05, 0.1) is 0 Å². The van der Waals surface area contributed by atoms with Gasteiger partial charge in [0.2, 0.25) is 0 Å². The van der Waals surface area contributed by atoms with Crippen LogP contribution in [-0.2, 0) is 0 Å². The molecule has 3 atom stereocenters. The van der Waals surface area contributed by atoms with E-state index in [1.165, 1.54) is 36.8 Å². The van der Waals surface area contributed by atoms with Crippen molar-refractivity contribution >= 4 is 5.71 Å². The molecule has 1 heteroatoms. The molecule has 0 aliphatic carbocycles. The molecular formula is C18H35N. The molecule has 19 heavy (non-hydrogen) atoms. The third-order valence-corrected chi connectivity index (χ3v) is 4.53. The Morgan fingerprint density at radius 3 is 2.05 bits per heavy atom. The van der Waals surface area contributed by atoms with Gasteiger partial charge in [-0.1, -0.05) is 59.5 Å². The van der Waals surface area contributed by atoms with E-state index in [2.05, 4.69) is 41.5 Å². The molecule has 0 aliphatic heterocycles. The summed E-state index contributed by atoms with van der Waals surface area (Å²) in [6.45, 7) is 15.6. The van der Waals surface area contributed by atoms with Gasteiger partial charge in [-0.25, -0.2) is 0 Å². The normalized spacial score (nSPS) is 17.6. The smallest absolute Gasteiger partial charge is 0.0317 e. The first-order valence-electron chi connectivity index (χ1n) is 8.10. The first-order valence-corrected chi connectivity index (χ1v) is 8.10. The van der Waals surface area contributed by atoms with Crippen LogP contribution >= 0.6 is 0 Å². The highest BCUT2D eigenvalue weighted by molar-refractivity contribution is 5.96. The zero-order valence-corrected chi connectivity index (χ0v) is 14.3. The summed E-state index contributed by atoms with van der Waals surface area (Å²) in [5, 5.41) is 8.04. The van der Waals surface area contributed by atoms with Gasteiger partial charge in [-0.3, -0.25) is 0 Å². The van der Waals surface area contributed by atoms with Gasteiger partial charge in [0.15, 0.2) is 0 Å². The molecule has 112 valence electrons. The number of rotatable bonds is 9. The second kappa shape index (κ2) is 9.34. The third-order valence-electron chi connectivity index (χ3n) is 4.53. The van der Waals surface area contributed by atoms with E-state index in [4.69, 9.17) is 5.41 Å². The molecule has 0 bridgehead atoms. The minimum absolute atomic E-state index is 0.515. The van der Waals surface area contributed by atoms with Crippen LogP contribution in [0, 0.1) is 23.2 Å². The van der Waals surface area contributed by atoms with Crippen molar-refractivity contribution in [3.8, 4) is 0 Å². The van der Waals surface area contributed by atoms with Gasteiger partial charge in [-0.2, -0.15) is 0 Å². The molecule has 0 fully saturated rings. The van der Waals surface area contributed by atoms with Crippen molar-refractivity contribution in [3.05, 3.63) is 11.1 Å². The van der Waals surface area contributed by atoms with Crippen LogP contribution in [0.1, 0.15) is 80.6 Å². The summed E-state index contributed by atoms with van der Waals surface area (Å²) in [5.74, 6) is 2.00. The van der Waals surface area contributed by atoms with Gasteiger partial charge in [-0.05, 0) is 50.0 Å². The average molecular weight is 265 g/mol. The minimum atomic E-state index is 0.515. The second-order valence-electron chi connectivity index (χ2n) is 6.42. The number of hydrogen-bond donors (Lipinski definition) is 1. The van der Waals surface area contributed by atoms with Crippen LogP contribution < -0.4 is 0 Å². The highest BCUT2D eigenvalue weighted by Gasteiger charge is 2.21. The van der Waals surface area contributed by atoms with E-state index >= 15 is 0 Å². The van der Waals surface area contributed by atoms with Crippen LogP contribution in [0.2, 0.25) is 0 Å². The Kier molecular flexibility index (Phi) is 9.05. The molecule has 0 aromatic rings. The average Bonchev–Trinajstić information content (AvgIpc) is 2.35. The Bertz CT molecular complexity index is 301. The standard InChI is InChI=1S/C18H35N/c1-8-10-11-13(3)12-15(5)16(6)18(17(7)19)14(4)9-2/h13,15-16,19H,8-12H2,1-7H3. The Morgan fingerprint density at radius 2 is 1.63 bits per heavy atom. The first-order chi connectivity index (χ1) is 8.84. The van der Waals surface area contributed by atoms with Crippen LogP contribution in [0.4, 0.5) is 0 Å².